The molecule has 0 N–H and O–H groups in total. The van der Waals surface area contributed by atoms with Gasteiger partial charge in [-0.05, 0) is 18.1 Å². The van der Waals surface area contributed by atoms with E-state index in [1.165, 1.54) is 15.5 Å². The molecule has 5 nitrogen and oxygen atoms in total. The number of nitrogens with zero attached hydrogens (tertiary/aromatic N) is 4. The maximum absolute atomic E-state index is 5.89. The van der Waals surface area contributed by atoms with Crippen molar-refractivity contribution in [2.24, 2.45) is 5.92 Å². The van der Waals surface area contributed by atoms with Crippen molar-refractivity contribution >= 4 is 50.8 Å². The minimum absolute atomic E-state index is 0. The van der Waals surface area contributed by atoms with Gasteiger partial charge in [0, 0.05) is 26.7 Å². The third-order valence-electron chi connectivity index (χ3n) is 8.20. The van der Waals surface area contributed by atoms with Gasteiger partial charge in [-0.1, -0.05) is 26.0 Å². The van der Waals surface area contributed by atoms with Gasteiger partial charge in [-0.25, -0.2) is 0 Å². The van der Waals surface area contributed by atoms with Crippen molar-refractivity contribution in [1.82, 2.24) is 19.5 Å². The van der Waals surface area contributed by atoms with Crippen LogP contribution in [0.2, 0.25) is 17.3 Å². The fourth-order valence-electron chi connectivity index (χ4n) is 5.93. The molecule has 0 fully saturated rings. The zero-order chi connectivity index (χ0) is 32.6. The summed E-state index contributed by atoms with van der Waals surface area (Å²) in [5.74, 6) is 9.35. The predicted molar refractivity (Wildman–Crippen MR) is 194 cm³/mol. The van der Waals surface area contributed by atoms with Crippen molar-refractivity contribution in [3.8, 4) is 22.6 Å². The van der Waals surface area contributed by atoms with Crippen molar-refractivity contribution in [2.45, 2.75) is 64.4 Å². The molecule has 0 aliphatic heterocycles. The molecule has 7 aromatic rings. The zero-order valence-corrected chi connectivity index (χ0v) is 33.0. The number of fused-ring (bicyclic) bond motifs is 4. The van der Waals surface area contributed by atoms with E-state index in [0.717, 1.165) is 56.8 Å². The second kappa shape index (κ2) is 14.3. The average Bonchev–Trinajstić information content (AvgIpc) is 3.58. The van der Waals surface area contributed by atoms with Crippen LogP contribution in [0.1, 0.15) is 44.9 Å². The molecule has 0 spiro atoms. The van der Waals surface area contributed by atoms with Gasteiger partial charge in [0.25, 0.3) is 0 Å². The van der Waals surface area contributed by atoms with Crippen LogP contribution >= 0.6 is 0 Å². The molecule has 4 heterocycles. The molecular weight excluding hydrogens is 817 g/mol. The number of benzene rings is 3. The molecule has 0 saturated heterocycles. The fourth-order valence-corrected chi connectivity index (χ4v) is 9.45. The SMILES string of the molecule is CC(C)Cn1c(-c2[c-]cccc2)nc2ccccc21.Cc1ccc2c(n1)oc1c[c-]c(-c3cc(C(C)C)[c]([Ge]([CH3])([CH3])[CH3])cn3)cc12.[Ir]. The minimum atomic E-state index is -1.96. The Labute approximate surface area is 294 Å². The van der Waals surface area contributed by atoms with Crippen molar-refractivity contribution in [3.63, 3.8) is 0 Å². The molecule has 1 radical (unpaired) electrons. The Morgan fingerprint density at radius 1 is 0.851 bits per heavy atom. The van der Waals surface area contributed by atoms with Gasteiger partial charge in [0.05, 0.1) is 16.9 Å². The number of para-hydroxylation sites is 2. The minimum Gasteiger partial charge on any atom is 0 e. The average molecular weight is 860 g/mol. The molecule has 47 heavy (non-hydrogen) atoms. The Kier molecular flexibility index (Phi) is 10.5. The monoisotopic (exact) mass is 861 g/mol. The van der Waals surface area contributed by atoms with Gasteiger partial charge in [0.15, 0.2) is 0 Å². The van der Waals surface area contributed by atoms with Crippen molar-refractivity contribution in [3.05, 3.63) is 108 Å². The number of furan rings is 1. The van der Waals surface area contributed by atoms with Crippen LogP contribution in [-0.2, 0) is 26.7 Å². The number of rotatable bonds is 6. The Morgan fingerprint density at radius 3 is 2.32 bits per heavy atom. The summed E-state index contributed by atoms with van der Waals surface area (Å²) in [4.78, 5) is 14.1. The molecular formula is C40H42GeIrN4O-2. The van der Waals surface area contributed by atoms with Crippen LogP contribution in [0.4, 0.5) is 0 Å². The molecule has 0 saturated carbocycles. The second-order valence-electron chi connectivity index (χ2n) is 13.8. The van der Waals surface area contributed by atoms with Crippen molar-refractivity contribution in [1.29, 1.82) is 0 Å². The Hall–Kier alpha value is -3.58. The second-order valence-corrected chi connectivity index (χ2v) is 24.4. The summed E-state index contributed by atoms with van der Waals surface area (Å²) >= 11 is -1.96. The standard InChI is InChI=1S/C23H25GeN2O.C17H17N2.Ir/c1-14(2)18-12-21(25-13-20(18)24(4,5)6)16-8-10-22-19(11-16)17-9-7-15(3)26-23(17)27-22;1-13(2)12-19-16-11-7-6-10-15(16)18-17(19)14-8-4-3-5-9-14;/h7,9-14H,1-6H3;3-8,10-11,13H,12H2,1-2H3;/q2*-1;. The summed E-state index contributed by atoms with van der Waals surface area (Å²) in [5.41, 5.74) is 9.16. The van der Waals surface area contributed by atoms with E-state index in [-0.39, 0.29) is 20.1 Å². The molecule has 0 atom stereocenters. The smallest absolute Gasteiger partial charge is 0 e. The normalized spacial score (nSPS) is 11.7. The van der Waals surface area contributed by atoms with Crippen LogP contribution < -0.4 is 4.40 Å². The first-order chi connectivity index (χ1) is 22.0. The largest absolute Gasteiger partial charge is 0 e. The van der Waals surface area contributed by atoms with Gasteiger partial charge in [0.2, 0.25) is 0 Å². The third-order valence-corrected chi connectivity index (χ3v) is 12.5. The first kappa shape index (κ1) is 34.7. The molecule has 243 valence electrons. The summed E-state index contributed by atoms with van der Waals surface area (Å²) in [6.07, 6.45) is 2.11. The maximum Gasteiger partial charge on any atom is 0 e. The first-order valence-corrected chi connectivity index (χ1v) is 23.5. The molecule has 7 heteroatoms. The summed E-state index contributed by atoms with van der Waals surface area (Å²) in [6.45, 7) is 11.9. The molecule has 0 aliphatic rings. The van der Waals surface area contributed by atoms with Gasteiger partial charge in [-0.3, -0.25) is 4.98 Å². The van der Waals surface area contributed by atoms with E-state index < -0.39 is 13.3 Å². The van der Waals surface area contributed by atoms with E-state index in [2.05, 4.69) is 115 Å². The Bertz CT molecular complexity index is 2140. The molecule has 3 aromatic carbocycles. The van der Waals surface area contributed by atoms with Crippen LogP contribution in [0.3, 0.4) is 0 Å². The first-order valence-electron chi connectivity index (χ1n) is 16.1. The summed E-state index contributed by atoms with van der Waals surface area (Å²) < 4.78 is 9.68. The van der Waals surface area contributed by atoms with E-state index in [0.29, 0.717) is 17.5 Å². The molecule has 4 aromatic heterocycles. The zero-order valence-electron chi connectivity index (χ0n) is 28.5. The Morgan fingerprint density at radius 2 is 1.62 bits per heavy atom. The van der Waals surface area contributed by atoms with Gasteiger partial charge < -0.3 is 4.57 Å². The van der Waals surface area contributed by atoms with E-state index in [9.17, 15) is 0 Å². The summed E-state index contributed by atoms with van der Waals surface area (Å²) in [5, 5.41) is 2.10. The van der Waals surface area contributed by atoms with Gasteiger partial charge in [-0.15, -0.1) is 35.9 Å². The van der Waals surface area contributed by atoms with Crippen LogP contribution in [0.15, 0.2) is 89.5 Å². The Balaban J connectivity index is 0.000000191. The van der Waals surface area contributed by atoms with Gasteiger partial charge in [0.1, 0.15) is 0 Å². The van der Waals surface area contributed by atoms with E-state index in [1.807, 2.05) is 43.3 Å². The molecule has 0 amide bonds. The number of hydrogen-bond donors (Lipinski definition) is 0. The van der Waals surface area contributed by atoms with Crippen molar-refractivity contribution in [2.75, 3.05) is 0 Å². The predicted octanol–water partition coefficient (Wildman–Crippen LogP) is 9.98. The van der Waals surface area contributed by atoms with Gasteiger partial charge in [-0.2, -0.15) is 0 Å². The quantitative estimate of drug-likeness (QED) is 0.124. The molecule has 7 rings (SSSR count). The van der Waals surface area contributed by atoms with Crippen LogP contribution in [0.25, 0.3) is 55.7 Å². The molecule has 0 aliphatic carbocycles. The van der Waals surface area contributed by atoms with Crippen molar-refractivity contribution < 1.29 is 24.5 Å². The number of imidazole rings is 1. The van der Waals surface area contributed by atoms with E-state index in [1.54, 1.807) is 0 Å². The topological polar surface area (TPSA) is 56.7 Å². The number of pyridine rings is 2. The molecule has 0 unspecified atom stereocenters. The summed E-state index contributed by atoms with van der Waals surface area (Å²) in [7, 11) is 0. The van der Waals surface area contributed by atoms with Crippen LogP contribution in [-0.4, -0.2) is 32.8 Å². The number of aryl methyl sites for hydroxylation is 1. The number of hydrogen-bond acceptors (Lipinski definition) is 4. The van der Waals surface area contributed by atoms with Crippen LogP contribution in [0, 0.1) is 25.0 Å². The fraction of sp³-hybridized carbons (Fsp3) is 0.275. The summed E-state index contributed by atoms with van der Waals surface area (Å²) in [6, 6.07) is 33.4. The van der Waals surface area contributed by atoms with Crippen LogP contribution in [0.5, 0.6) is 0 Å². The third kappa shape index (κ3) is 7.46. The van der Waals surface area contributed by atoms with Gasteiger partial charge >= 0.3 is 163 Å². The van der Waals surface area contributed by atoms with E-state index in [4.69, 9.17) is 14.4 Å². The van der Waals surface area contributed by atoms with E-state index >= 15 is 0 Å². The molecule has 0 bridgehead atoms. The number of aromatic nitrogens is 4. The maximum atomic E-state index is 5.89.